The highest BCUT2D eigenvalue weighted by molar-refractivity contribution is 7.81. The average molecular weight is 317 g/mol. The van der Waals surface area contributed by atoms with Crippen molar-refractivity contribution in [2.75, 3.05) is 0 Å². The lowest BCUT2D eigenvalue weighted by Gasteiger charge is -2.08. The topological polar surface area (TPSA) is 0 Å². The fourth-order valence-electron chi connectivity index (χ4n) is 2.50. The van der Waals surface area contributed by atoms with Gasteiger partial charge in [0.15, 0.2) is 0 Å². The third-order valence-electron chi connectivity index (χ3n) is 3.52. The van der Waals surface area contributed by atoms with Gasteiger partial charge in [-0.2, -0.15) is 25.3 Å². The first kappa shape index (κ1) is 16.5. The number of benzene rings is 2. The third-order valence-corrected chi connectivity index (χ3v) is 3.88. The second-order valence-corrected chi connectivity index (χ2v) is 7.68. The van der Waals surface area contributed by atoms with Crippen molar-refractivity contribution in [3.8, 4) is 0 Å². The molecule has 2 heteroatoms. The Labute approximate surface area is 139 Å². The molecule has 0 saturated carbocycles. The maximum atomic E-state index is 4.44. The van der Waals surface area contributed by atoms with Gasteiger partial charge in [0.25, 0.3) is 0 Å². The van der Waals surface area contributed by atoms with E-state index in [0.717, 1.165) is 19.3 Å². The van der Waals surface area contributed by atoms with Gasteiger partial charge in [-0.05, 0) is 41.5 Å². The summed E-state index contributed by atoms with van der Waals surface area (Å²) in [5.74, 6) is 0. The van der Waals surface area contributed by atoms with E-state index in [2.05, 4.69) is 87.6 Å². The molecule has 0 saturated heterocycles. The maximum Gasteiger partial charge on any atom is 0.00288 e. The Morgan fingerprint density at radius 3 is 1.19 bits per heavy atom. The summed E-state index contributed by atoms with van der Waals surface area (Å²) in [6.45, 7) is 4.26. The Morgan fingerprint density at radius 2 is 0.905 bits per heavy atom. The summed E-state index contributed by atoms with van der Waals surface area (Å²) < 4.78 is 0. The molecule has 0 N–H and O–H groups in total. The lowest BCUT2D eigenvalue weighted by Crippen LogP contribution is -1.98. The Kier molecular flexibility index (Phi) is 6.25. The van der Waals surface area contributed by atoms with Gasteiger partial charge in [0.2, 0.25) is 0 Å². The highest BCUT2D eigenvalue weighted by Gasteiger charge is 2.02. The van der Waals surface area contributed by atoms with E-state index in [4.69, 9.17) is 0 Å². The summed E-state index contributed by atoms with van der Waals surface area (Å²) in [5, 5.41) is 0.829. The Hall–Kier alpha value is -0.860. The normalized spacial score (nSPS) is 13.9. The van der Waals surface area contributed by atoms with Gasteiger partial charge in [0.1, 0.15) is 0 Å². The van der Waals surface area contributed by atoms with E-state index in [-0.39, 0.29) is 0 Å². The maximum absolute atomic E-state index is 4.44. The van der Waals surface area contributed by atoms with Gasteiger partial charge in [-0.15, -0.1) is 0 Å². The predicted octanol–water partition coefficient (Wildman–Crippen LogP) is 5.00. The molecular formula is C19H24S2. The minimum absolute atomic E-state index is 0.414. The van der Waals surface area contributed by atoms with Crippen molar-refractivity contribution >= 4 is 25.3 Å². The summed E-state index contributed by atoms with van der Waals surface area (Å²) in [5.41, 5.74) is 5.44. The molecule has 0 spiro atoms. The summed E-state index contributed by atoms with van der Waals surface area (Å²) in [7, 11) is 0. The zero-order valence-electron chi connectivity index (χ0n) is 12.8. The molecule has 0 aliphatic rings. The first-order valence-corrected chi connectivity index (χ1v) is 8.58. The van der Waals surface area contributed by atoms with Gasteiger partial charge in [0, 0.05) is 10.5 Å². The third kappa shape index (κ3) is 5.80. The quantitative estimate of drug-likeness (QED) is 0.689. The molecule has 112 valence electrons. The van der Waals surface area contributed by atoms with Crippen LogP contribution in [0, 0.1) is 0 Å². The molecule has 0 aliphatic carbocycles. The highest BCUT2D eigenvalue weighted by Crippen LogP contribution is 2.15. The molecule has 0 fully saturated rings. The van der Waals surface area contributed by atoms with Crippen molar-refractivity contribution in [3.05, 3.63) is 70.8 Å². The molecule has 2 atom stereocenters. The van der Waals surface area contributed by atoms with Crippen molar-refractivity contribution < 1.29 is 0 Å². The van der Waals surface area contributed by atoms with Crippen molar-refractivity contribution in [3.63, 3.8) is 0 Å². The monoisotopic (exact) mass is 316 g/mol. The second kappa shape index (κ2) is 7.95. The van der Waals surface area contributed by atoms with Gasteiger partial charge in [-0.1, -0.05) is 62.4 Å². The van der Waals surface area contributed by atoms with E-state index in [1.165, 1.54) is 22.3 Å². The van der Waals surface area contributed by atoms with Crippen molar-refractivity contribution in [2.45, 2.75) is 43.6 Å². The smallest absolute Gasteiger partial charge is 0.00288 e. The van der Waals surface area contributed by atoms with Crippen LogP contribution in [0.2, 0.25) is 0 Å². The number of hydrogen-bond acceptors (Lipinski definition) is 2. The Bertz CT molecular complexity index is 487. The van der Waals surface area contributed by atoms with Crippen LogP contribution in [0.1, 0.15) is 36.1 Å². The van der Waals surface area contributed by atoms with Crippen LogP contribution in [0.4, 0.5) is 0 Å². The van der Waals surface area contributed by atoms with Crippen LogP contribution in [0.5, 0.6) is 0 Å². The zero-order valence-corrected chi connectivity index (χ0v) is 14.6. The van der Waals surface area contributed by atoms with Crippen molar-refractivity contribution in [1.82, 2.24) is 0 Å². The van der Waals surface area contributed by atoms with Crippen molar-refractivity contribution in [2.24, 2.45) is 0 Å². The van der Waals surface area contributed by atoms with Gasteiger partial charge >= 0.3 is 0 Å². The van der Waals surface area contributed by atoms with E-state index in [1.807, 2.05) is 0 Å². The molecule has 2 rings (SSSR count). The minimum atomic E-state index is 0.414. The fourth-order valence-corrected chi connectivity index (χ4v) is 2.93. The lowest BCUT2D eigenvalue weighted by molar-refractivity contribution is 0.946. The standard InChI is InChI=1S/C19H24S2/c1-14(20)11-16-3-7-18(8-4-16)13-19-9-5-17(6-10-19)12-15(2)21/h3-10,14-15,20-21H,11-13H2,1-2H3. The highest BCUT2D eigenvalue weighted by atomic mass is 32.1. The zero-order chi connectivity index (χ0) is 15.2. The molecular weight excluding hydrogens is 292 g/mol. The SMILES string of the molecule is CC(S)Cc1ccc(Cc2ccc(CC(C)S)cc2)cc1. The molecule has 0 nitrogen and oxygen atoms in total. The van der Waals surface area contributed by atoms with Crippen LogP contribution < -0.4 is 0 Å². The minimum Gasteiger partial charge on any atom is -0.176 e. The molecule has 0 amide bonds. The van der Waals surface area contributed by atoms with Gasteiger partial charge in [-0.3, -0.25) is 0 Å². The molecule has 0 heterocycles. The average Bonchev–Trinajstić information content (AvgIpc) is 2.42. The van der Waals surface area contributed by atoms with E-state index in [9.17, 15) is 0 Å². The van der Waals surface area contributed by atoms with E-state index < -0.39 is 0 Å². The van der Waals surface area contributed by atoms with Gasteiger partial charge in [0.05, 0.1) is 0 Å². The largest absolute Gasteiger partial charge is 0.176 e. The van der Waals surface area contributed by atoms with Crippen LogP contribution in [0.15, 0.2) is 48.5 Å². The van der Waals surface area contributed by atoms with Crippen molar-refractivity contribution in [1.29, 1.82) is 0 Å². The summed E-state index contributed by atoms with van der Waals surface area (Å²) in [4.78, 5) is 0. The molecule has 21 heavy (non-hydrogen) atoms. The van der Waals surface area contributed by atoms with Gasteiger partial charge < -0.3 is 0 Å². The van der Waals surface area contributed by atoms with Crippen LogP contribution in [-0.2, 0) is 19.3 Å². The van der Waals surface area contributed by atoms with E-state index in [1.54, 1.807) is 0 Å². The molecule has 2 unspecified atom stereocenters. The van der Waals surface area contributed by atoms with E-state index in [0.29, 0.717) is 10.5 Å². The predicted molar refractivity (Wildman–Crippen MR) is 100.0 cm³/mol. The summed E-state index contributed by atoms with van der Waals surface area (Å²) in [6.07, 6.45) is 3.05. The number of thiol groups is 2. The first-order chi connectivity index (χ1) is 10.0. The van der Waals surface area contributed by atoms with Crippen LogP contribution >= 0.6 is 25.3 Å². The molecule has 2 aromatic rings. The fraction of sp³-hybridized carbons (Fsp3) is 0.368. The van der Waals surface area contributed by atoms with E-state index >= 15 is 0 Å². The summed E-state index contributed by atoms with van der Waals surface area (Å²) >= 11 is 8.89. The van der Waals surface area contributed by atoms with Crippen LogP contribution in [0.3, 0.4) is 0 Å². The Morgan fingerprint density at radius 1 is 0.619 bits per heavy atom. The van der Waals surface area contributed by atoms with Crippen LogP contribution in [-0.4, -0.2) is 10.5 Å². The summed E-state index contributed by atoms with van der Waals surface area (Å²) in [6, 6.07) is 17.8. The molecule has 0 aliphatic heterocycles. The van der Waals surface area contributed by atoms with Crippen LogP contribution in [0.25, 0.3) is 0 Å². The Balaban J connectivity index is 1.97. The number of rotatable bonds is 6. The van der Waals surface area contributed by atoms with Gasteiger partial charge in [-0.25, -0.2) is 0 Å². The second-order valence-electron chi connectivity index (χ2n) is 5.92. The first-order valence-electron chi connectivity index (χ1n) is 7.54. The molecule has 0 aromatic heterocycles. The molecule has 2 aromatic carbocycles. The lowest BCUT2D eigenvalue weighted by atomic mass is 10.0. The molecule has 0 radical (unpaired) electrons. The molecule has 0 bridgehead atoms. The number of hydrogen-bond donors (Lipinski definition) is 2.